The summed E-state index contributed by atoms with van der Waals surface area (Å²) in [6.07, 6.45) is 59.2. The van der Waals surface area contributed by atoms with Crippen LogP contribution >= 0.6 is 0 Å². The van der Waals surface area contributed by atoms with E-state index in [9.17, 15) is 19.8 Å². The molecule has 6 nitrogen and oxygen atoms in total. The largest absolute Gasteiger partial charge is 0.462 e. The third-order valence-corrected chi connectivity index (χ3v) is 12.4. The number of nitrogens with one attached hydrogen (secondary N) is 1. The first-order valence-electron chi connectivity index (χ1n) is 27.2. The Kier molecular flexibility index (Phi) is 48.5. The Morgan fingerprint density at radius 2 is 0.855 bits per heavy atom. The first kappa shape index (κ1) is 60.1. The molecule has 0 aliphatic rings. The second-order valence-corrected chi connectivity index (χ2v) is 18.6. The van der Waals surface area contributed by atoms with Crippen LogP contribution in [0.5, 0.6) is 0 Å². The van der Waals surface area contributed by atoms with Gasteiger partial charge < -0.3 is 20.3 Å². The quantitative estimate of drug-likeness (QED) is 0.0321. The highest BCUT2D eigenvalue weighted by molar-refractivity contribution is 5.77. The molecule has 0 saturated carbocycles. The number of amides is 1. The van der Waals surface area contributed by atoms with E-state index in [1.165, 1.54) is 161 Å². The lowest BCUT2D eigenvalue weighted by molar-refractivity contribution is -0.151. The molecular weight excluding hydrogens is 767 g/mol. The molecule has 0 aliphatic carbocycles. The number of carbonyl (C=O) groups excluding carboxylic acids is 2. The van der Waals surface area contributed by atoms with Crippen LogP contribution in [0.2, 0.25) is 0 Å². The zero-order valence-corrected chi connectivity index (χ0v) is 41.5. The van der Waals surface area contributed by atoms with Crippen LogP contribution in [0, 0.1) is 0 Å². The van der Waals surface area contributed by atoms with Crippen molar-refractivity contribution >= 4 is 11.9 Å². The second-order valence-electron chi connectivity index (χ2n) is 18.6. The zero-order chi connectivity index (χ0) is 45.2. The van der Waals surface area contributed by atoms with Crippen LogP contribution in [0.3, 0.4) is 0 Å². The summed E-state index contributed by atoms with van der Waals surface area (Å²) in [6, 6.07) is -0.704. The molecule has 0 aliphatic heterocycles. The lowest BCUT2D eigenvalue weighted by Gasteiger charge is -2.24. The van der Waals surface area contributed by atoms with Crippen LogP contribution in [0.1, 0.15) is 284 Å². The Balaban J connectivity index is 4.51. The van der Waals surface area contributed by atoms with Gasteiger partial charge in [-0.2, -0.15) is 0 Å². The minimum atomic E-state index is -0.790. The molecule has 0 spiro atoms. The molecule has 3 unspecified atom stereocenters. The molecule has 1 amide bonds. The van der Waals surface area contributed by atoms with E-state index in [0.717, 1.165) is 77.0 Å². The van der Waals surface area contributed by atoms with Crippen molar-refractivity contribution < 1.29 is 24.5 Å². The Morgan fingerprint density at radius 1 is 0.468 bits per heavy atom. The van der Waals surface area contributed by atoms with Crippen LogP contribution in [-0.2, 0) is 14.3 Å². The number of aliphatic hydroxyl groups is 2. The van der Waals surface area contributed by atoms with E-state index < -0.39 is 18.2 Å². The van der Waals surface area contributed by atoms with E-state index in [-0.39, 0.29) is 24.9 Å². The Bertz CT molecular complexity index is 1020. The Hall–Kier alpha value is -1.92. The van der Waals surface area contributed by atoms with E-state index >= 15 is 0 Å². The fourth-order valence-corrected chi connectivity index (χ4v) is 8.29. The summed E-state index contributed by atoms with van der Waals surface area (Å²) < 4.78 is 5.93. The van der Waals surface area contributed by atoms with E-state index in [1.807, 2.05) is 0 Å². The summed E-state index contributed by atoms with van der Waals surface area (Å²) in [5, 5.41) is 23.8. The van der Waals surface area contributed by atoms with Gasteiger partial charge in [-0.3, -0.25) is 9.59 Å². The molecule has 0 aromatic heterocycles. The third-order valence-electron chi connectivity index (χ3n) is 12.4. The number of allylic oxidation sites excluding steroid dienone is 6. The molecule has 364 valence electrons. The van der Waals surface area contributed by atoms with Crippen LogP contribution in [0.15, 0.2) is 36.5 Å². The number of hydrogen-bond acceptors (Lipinski definition) is 5. The minimum absolute atomic E-state index is 0.0712. The molecule has 0 heterocycles. The van der Waals surface area contributed by atoms with Gasteiger partial charge in [0.2, 0.25) is 5.91 Å². The smallest absolute Gasteiger partial charge is 0.306 e. The number of unbranched alkanes of at least 4 members (excludes halogenated alkanes) is 31. The van der Waals surface area contributed by atoms with Gasteiger partial charge in [0.15, 0.2) is 0 Å². The van der Waals surface area contributed by atoms with Crippen LogP contribution in [0.4, 0.5) is 0 Å². The molecule has 0 bridgehead atoms. The van der Waals surface area contributed by atoms with Crippen LogP contribution < -0.4 is 5.32 Å². The van der Waals surface area contributed by atoms with Crippen LogP contribution in [0.25, 0.3) is 0 Å². The van der Waals surface area contributed by atoms with Gasteiger partial charge in [0.05, 0.1) is 25.2 Å². The molecule has 6 heteroatoms. The standard InChI is InChI=1S/C56H105NO5/c1-4-7-10-13-16-19-22-24-26-28-29-31-33-35-38-41-44-47-52(62-56(61)49-46-43-40-37-21-18-15-12-9-6-3)50-55(60)57-53(51-58)54(59)48-45-42-39-36-34-32-30-27-25-23-20-17-14-11-8-5-2/h12,15-16,19,24,26,52-54,58-59H,4-11,13-14,17-18,20-23,25,27-51H2,1-3H3,(H,57,60)/b15-12-,19-16-,26-24-. The number of rotatable bonds is 49. The molecule has 3 N–H and O–H groups in total. The summed E-state index contributed by atoms with van der Waals surface area (Å²) in [7, 11) is 0. The van der Waals surface area contributed by atoms with Crippen molar-refractivity contribution in [3.8, 4) is 0 Å². The summed E-state index contributed by atoms with van der Waals surface area (Å²) in [6.45, 7) is 6.42. The first-order chi connectivity index (χ1) is 30.5. The maximum atomic E-state index is 13.2. The van der Waals surface area contributed by atoms with Gasteiger partial charge in [-0.05, 0) is 77.0 Å². The number of carbonyl (C=O) groups is 2. The summed E-state index contributed by atoms with van der Waals surface area (Å²) in [5.41, 5.74) is 0. The minimum Gasteiger partial charge on any atom is -0.462 e. The van der Waals surface area contributed by atoms with Crippen molar-refractivity contribution in [3.63, 3.8) is 0 Å². The number of hydrogen-bond donors (Lipinski definition) is 3. The van der Waals surface area contributed by atoms with E-state index in [0.29, 0.717) is 19.3 Å². The lowest BCUT2D eigenvalue weighted by Crippen LogP contribution is -2.46. The lowest BCUT2D eigenvalue weighted by atomic mass is 10.0. The summed E-state index contributed by atoms with van der Waals surface area (Å²) in [5.74, 6) is -0.484. The SMILES string of the molecule is CCC/C=C\CCCCCCCC(=O)OC(CCCCCCCCC/C=C\C/C=C\CCCCC)CC(=O)NC(CO)C(O)CCCCCCCCCCCCCCCCCC. The maximum Gasteiger partial charge on any atom is 0.306 e. The van der Waals surface area contributed by atoms with Crippen molar-refractivity contribution in [1.29, 1.82) is 0 Å². The normalized spacial score (nSPS) is 13.4. The van der Waals surface area contributed by atoms with Gasteiger partial charge in [0, 0.05) is 6.42 Å². The molecule has 0 aromatic carbocycles. The van der Waals surface area contributed by atoms with Gasteiger partial charge in [-0.15, -0.1) is 0 Å². The monoisotopic (exact) mass is 872 g/mol. The van der Waals surface area contributed by atoms with Gasteiger partial charge in [0.25, 0.3) is 0 Å². The third kappa shape index (κ3) is 44.7. The van der Waals surface area contributed by atoms with E-state index in [4.69, 9.17) is 4.74 Å². The van der Waals surface area contributed by atoms with E-state index in [1.54, 1.807) is 0 Å². The highest BCUT2D eigenvalue weighted by atomic mass is 16.5. The molecule has 0 rings (SSSR count). The maximum absolute atomic E-state index is 13.2. The van der Waals surface area contributed by atoms with Gasteiger partial charge in [-0.1, -0.05) is 231 Å². The molecule has 0 saturated heterocycles. The number of ether oxygens (including phenoxy) is 1. The predicted octanol–water partition coefficient (Wildman–Crippen LogP) is 16.5. The zero-order valence-electron chi connectivity index (χ0n) is 41.5. The molecule has 0 aromatic rings. The number of aliphatic hydroxyl groups excluding tert-OH is 2. The Morgan fingerprint density at radius 3 is 1.34 bits per heavy atom. The van der Waals surface area contributed by atoms with Gasteiger partial charge in [-0.25, -0.2) is 0 Å². The molecular formula is C56H105NO5. The van der Waals surface area contributed by atoms with Crippen molar-refractivity contribution in [1.82, 2.24) is 5.32 Å². The van der Waals surface area contributed by atoms with Crippen molar-refractivity contribution in [2.24, 2.45) is 0 Å². The van der Waals surface area contributed by atoms with Gasteiger partial charge >= 0.3 is 5.97 Å². The highest BCUT2D eigenvalue weighted by Gasteiger charge is 2.24. The average Bonchev–Trinajstić information content (AvgIpc) is 3.26. The summed E-state index contributed by atoms with van der Waals surface area (Å²) in [4.78, 5) is 26.1. The second kappa shape index (κ2) is 50.1. The van der Waals surface area contributed by atoms with Gasteiger partial charge in [0.1, 0.15) is 6.10 Å². The number of esters is 1. The van der Waals surface area contributed by atoms with Crippen molar-refractivity contribution in [2.75, 3.05) is 6.61 Å². The van der Waals surface area contributed by atoms with Crippen molar-refractivity contribution in [2.45, 2.75) is 302 Å². The highest BCUT2D eigenvalue weighted by Crippen LogP contribution is 2.18. The van der Waals surface area contributed by atoms with E-state index in [2.05, 4.69) is 62.5 Å². The fraction of sp³-hybridized carbons (Fsp3) is 0.857. The molecule has 62 heavy (non-hydrogen) atoms. The molecule has 0 radical (unpaired) electrons. The molecule has 0 fully saturated rings. The predicted molar refractivity (Wildman–Crippen MR) is 269 cm³/mol. The Labute approximate surface area is 385 Å². The topological polar surface area (TPSA) is 95.9 Å². The van der Waals surface area contributed by atoms with Crippen molar-refractivity contribution in [3.05, 3.63) is 36.5 Å². The summed E-state index contributed by atoms with van der Waals surface area (Å²) >= 11 is 0. The molecule has 3 atom stereocenters. The average molecular weight is 872 g/mol. The fourth-order valence-electron chi connectivity index (χ4n) is 8.29. The van der Waals surface area contributed by atoms with Crippen LogP contribution in [-0.4, -0.2) is 46.9 Å². The first-order valence-corrected chi connectivity index (χ1v) is 27.2.